The van der Waals surface area contributed by atoms with E-state index in [4.69, 9.17) is 15.6 Å². The van der Waals surface area contributed by atoms with Crippen LogP contribution in [0.25, 0.3) is 0 Å². The van der Waals surface area contributed by atoms with Crippen LogP contribution in [0.3, 0.4) is 0 Å². The molecule has 0 fully saturated rings. The van der Waals surface area contributed by atoms with Crippen molar-refractivity contribution < 1.29 is 24.2 Å². The molecule has 0 aromatic carbocycles. The Hall–Kier alpha value is -0.570. The van der Waals surface area contributed by atoms with Gasteiger partial charge in [0.1, 0.15) is 12.6 Å². The maximum atomic E-state index is 10.9. The number of hydrogen-bond acceptors (Lipinski definition) is 5. The van der Waals surface area contributed by atoms with Crippen LogP contribution in [-0.2, 0) is 14.3 Å². The summed E-state index contributed by atoms with van der Waals surface area (Å²) in [5.74, 6) is -1.21. The second kappa shape index (κ2) is 9.64. The molecule has 0 aromatic heterocycles. The van der Waals surface area contributed by atoms with Crippen molar-refractivity contribution in [2.75, 3.05) is 17.6 Å². The number of carboxylic acid groups (broad SMARTS) is 1. The first-order chi connectivity index (χ1) is 7.57. The summed E-state index contributed by atoms with van der Waals surface area (Å²) >= 11 is 2.28. The average Bonchev–Trinajstić information content (AvgIpc) is 2.25. The molecule has 0 saturated heterocycles. The van der Waals surface area contributed by atoms with Gasteiger partial charge in [0, 0.05) is 0 Å². The Bertz CT molecular complexity index is 224. The zero-order valence-corrected chi connectivity index (χ0v) is 11.0. The molecule has 0 aliphatic heterocycles. The lowest BCUT2D eigenvalue weighted by molar-refractivity contribution is -0.139. The molecular formula is C9H16INO5. The monoisotopic (exact) mass is 345 g/mol. The number of hydrogen-bond donors (Lipinski definition) is 2. The van der Waals surface area contributed by atoms with Crippen molar-refractivity contribution in [1.82, 2.24) is 0 Å². The Labute approximate surface area is 108 Å². The second-order valence-electron chi connectivity index (χ2n) is 3.10. The minimum atomic E-state index is -1.21. The van der Waals surface area contributed by atoms with Gasteiger partial charge in [0.25, 0.3) is 0 Å². The van der Waals surface area contributed by atoms with Crippen molar-refractivity contribution >= 4 is 34.7 Å². The number of alkyl halides is 1. The highest BCUT2D eigenvalue weighted by molar-refractivity contribution is 14.1. The summed E-state index contributed by atoms with van der Waals surface area (Å²) in [6.45, 7) is -0.0836. The van der Waals surface area contributed by atoms with Crippen LogP contribution in [0.5, 0.6) is 0 Å². The van der Waals surface area contributed by atoms with Crippen LogP contribution in [0.15, 0.2) is 0 Å². The Morgan fingerprint density at radius 2 is 1.94 bits per heavy atom. The van der Waals surface area contributed by atoms with E-state index in [1.807, 2.05) is 0 Å². The van der Waals surface area contributed by atoms with E-state index in [2.05, 4.69) is 27.3 Å². The summed E-state index contributed by atoms with van der Waals surface area (Å²) in [5, 5.41) is 8.41. The van der Waals surface area contributed by atoms with Crippen molar-refractivity contribution in [3.8, 4) is 0 Å². The predicted octanol–water partition coefficient (Wildman–Crippen LogP) is 1.16. The molecule has 16 heavy (non-hydrogen) atoms. The van der Waals surface area contributed by atoms with E-state index in [9.17, 15) is 9.59 Å². The molecule has 0 heterocycles. The van der Waals surface area contributed by atoms with Crippen molar-refractivity contribution in [3.05, 3.63) is 0 Å². The molecule has 3 N–H and O–H groups in total. The number of carbonyl (C=O) groups excluding carboxylic acids is 1. The first kappa shape index (κ1) is 15.4. The molecule has 0 rings (SSSR count). The Morgan fingerprint density at radius 3 is 2.50 bits per heavy atom. The van der Waals surface area contributed by atoms with E-state index >= 15 is 0 Å². The molecule has 0 radical (unpaired) electrons. The van der Waals surface area contributed by atoms with E-state index < -0.39 is 18.2 Å². The Morgan fingerprint density at radius 1 is 1.25 bits per heavy atom. The molecule has 0 bridgehead atoms. The number of rotatable bonds is 8. The molecule has 0 aliphatic rings. The molecule has 0 amide bonds. The normalized spacial score (nSPS) is 11.9. The van der Waals surface area contributed by atoms with Gasteiger partial charge in [-0.1, -0.05) is 22.6 Å². The molecule has 1 atom stereocenters. The van der Waals surface area contributed by atoms with E-state index in [0.717, 1.165) is 23.7 Å². The van der Waals surface area contributed by atoms with Gasteiger partial charge < -0.3 is 20.3 Å². The van der Waals surface area contributed by atoms with Gasteiger partial charge in [0.2, 0.25) is 0 Å². The molecule has 7 heteroatoms. The molecule has 94 valence electrons. The molecule has 0 spiro atoms. The van der Waals surface area contributed by atoms with Crippen LogP contribution in [0.4, 0.5) is 4.79 Å². The largest absolute Gasteiger partial charge is 0.508 e. The minimum absolute atomic E-state index is 0.289. The molecule has 0 aromatic rings. The lowest BCUT2D eigenvalue weighted by Crippen LogP contribution is -2.35. The van der Waals surface area contributed by atoms with Crippen molar-refractivity contribution in [3.63, 3.8) is 0 Å². The standard InChI is InChI=1S/C9H16INO5/c10-4-2-1-3-5-15-9(14)16-6-7(11)8(12)13/h7H,1-6,11H2,(H,12,13). The summed E-state index contributed by atoms with van der Waals surface area (Å²) in [4.78, 5) is 21.2. The molecule has 0 saturated carbocycles. The van der Waals surface area contributed by atoms with E-state index in [1.165, 1.54) is 0 Å². The third-order valence-corrected chi connectivity index (χ3v) is 2.46. The lowest BCUT2D eigenvalue weighted by atomic mass is 10.3. The Balaban J connectivity index is 3.41. The maximum absolute atomic E-state index is 10.9. The van der Waals surface area contributed by atoms with Crippen molar-refractivity contribution in [2.24, 2.45) is 5.73 Å². The highest BCUT2D eigenvalue weighted by Gasteiger charge is 2.14. The van der Waals surface area contributed by atoms with E-state index in [0.29, 0.717) is 0 Å². The fourth-order valence-electron chi connectivity index (χ4n) is 0.800. The second-order valence-corrected chi connectivity index (χ2v) is 4.18. The minimum Gasteiger partial charge on any atom is -0.480 e. The van der Waals surface area contributed by atoms with Gasteiger partial charge >= 0.3 is 12.1 Å². The smallest absolute Gasteiger partial charge is 0.480 e. The zero-order valence-electron chi connectivity index (χ0n) is 8.86. The molecule has 6 nitrogen and oxygen atoms in total. The van der Waals surface area contributed by atoms with Gasteiger partial charge in [-0.05, 0) is 23.7 Å². The molecule has 0 aliphatic carbocycles. The average molecular weight is 345 g/mol. The SMILES string of the molecule is NC(COC(=O)OCCCCCI)C(=O)O. The van der Waals surface area contributed by atoms with E-state index in [1.54, 1.807) is 0 Å². The topological polar surface area (TPSA) is 98.9 Å². The fourth-order valence-corrected chi connectivity index (χ4v) is 1.34. The third kappa shape index (κ3) is 8.72. The summed E-state index contributed by atoms with van der Waals surface area (Å²) < 4.78 is 10.3. The number of aliphatic carboxylic acids is 1. The van der Waals surface area contributed by atoms with Crippen LogP contribution in [0.1, 0.15) is 19.3 Å². The van der Waals surface area contributed by atoms with Gasteiger partial charge in [-0.15, -0.1) is 0 Å². The summed E-state index contributed by atoms with van der Waals surface area (Å²) in [6.07, 6.45) is 1.99. The van der Waals surface area contributed by atoms with Crippen LogP contribution in [0.2, 0.25) is 0 Å². The number of carboxylic acids is 1. The Kier molecular flexibility index (Phi) is 9.30. The van der Waals surface area contributed by atoms with Crippen LogP contribution in [-0.4, -0.2) is 40.9 Å². The van der Waals surface area contributed by atoms with Crippen LogP contribution in [0, 0.1) is 0 Å². The first-order valence-electron chi connectivity index (χ1n) is 4.91. The number of ether oxygens (including phenoxy) is 2. The van der Waals surface area contributed by atoms with Crippen molar-refractivity contribution in [1.29, 1.82) is 0 Å². The number of carbonyl (C=O) groups is 2. The van der Waals surface area contributed by atoms with Gasteiger partial charge in [-0.25, -0.2) is 4.79 Å². The van der Waals surface area contributed by atoms with Gasteiger partial charge in [-0.2, -0.15) is 0 Å². The fraction of sp³-hybridized carbons (Fsp3) is 0.778. The summed E-state index contributed by atoms with van der Waals surface area (Å²) in [7, 11) is 0. The first-order valence-corrected chi connectivity index (χ1v) is 6.44. The lowest BCUT2D eigenvalue weighted by Gasteiger charge is -2.08. The predicted molar refractivity (Wildman–Crippen MR) is 65.6 cm³/mol. The summed E-state index contributed by atoms with van der Waals surface area (Å²) in [6, 6.07) is -1.20. The summed E-state index contributed by atoms with van der Waals surface area (Å²) in [5.41, 5.74) is 5.13. The zero-order chi connectivity index (χ0) is 12.4. The highest BCUT2D eigenvalue weighted by Crippen LogP contribution is 1.99. The van der Waals surface area contributed by atoms with Crippen molar-refractivity contribution in [2.45, 2.75) is 25.3 Å². The maximum Gasteiger partial charge on any atom is 0.508 e. The molecular weight excluding hydrogens is 329 g/mol. The number of nitrogens with two attached hydrogens (primary N) is 1. The van der Waals surface area contributed by atoms with Gasteiger partial charge in [-0.3, -0.25) is 4.79 Å². The highest BCUT2D eigenvalue weighted by atomic mass is 127. The molecule has 1 unspecified atom stereocenters. The quantitative estimate of drug-likeness (QED) is 0.296. The van der Waals surface area contributed by atoms with Crippen LogP contribution >= 0.6 is 22.6 Å². The number of unbranched alkanes of at least 4 members (excludes halogenated alkanes) is 2. The van der Waals surface area contributed by atoms with E-state index in [-0.39, 0.29) is 13.2 Å². The van der Waals surface area contributed by atoms with Gasteiger partial charge in [0.15, 0.2) is 0 Å². The number of halogens is 1. The van der Waals surface area contributed by atoms with Gasteiger partial charge in [0.05, 0.1) is 6.61 Å². The van der Waals surface area contributed by atoms with Crippen LogP contribution < -0.4 is 5.73 Å². The third-order valence-electron chi connectivity index (χ3n) is 1.70.